The molecule has 3 aliphatic rings. The Morgan fingerprint density at radius 1 is 1.13 bits per heavy atom. The highest BCUT2D eigenvalue weighted by molar-refractivity contribution is 7.90. The van der Waals surface area contributed by atoms with Gasteiger partial charge in [-0.1, -0.05) is 18.2 Å². The summed E-state index contributed by atoms with van der Waals surface area (Å²) in [5.41, 5.74) is 2.36. The van der Waals surface area contributed by atoms with Crippen LogP contribution in [0.5, 0.6) is 5.88 Å². The second-order valence-corrected chi connectivity index (χ2v) is 10.9. The molecule has 2 aromatic rings. The van der Waals surface area contributed by atoms with Crippen LogP contribution in [0.3, 0.4) is 0 Å². The first-order valence-corrected chi connectivity index (χ1v) is 12.4. The van der Waals surface area contributed by atoms with Crippen LogP contribution in [0, 0.1) is 6.92 Å². The van der Waals surface area contributed by atoms with Crippen molar-refractivity contribution in [2.45, 2.75) is 75.5 Å². The van der Waals surface area contributed by atoms with E-state index in [1.165, 1.54) is 6.33 Å². The number of aliphatic hydroxyl groups excluding tert-OH is 1. The van der Waals surface area contributed by atoms with E-state index in [-0.39, 0.29) is 30.0 Å². The molecule has 3 heterocycles. The Morgan fingerprint density at radius 3 is 2.52 bits per heavy atom. The molecule has 1 aliphatic carbocycles. The summed E-state index contributed by atoms with van der Waals surface area (Å²) in [6, 6.07) is 7.59. The van der Waals surface area contributed by atoms with Crippen LogP contribution in [0.1, 0.15) is 49.7 Å². The molecule has 8 nitrogen and oxygen atoms in total. The Balaban J connectivity index is 1.31. The fraction of sp³-hybridized carbons (Fsp3) is 0.545. The predicted octanol–water partition coefficient (Wildman–Crippen LogP) is 2.89. The summed E-state index contributed by atoms with van der Waals surface area (Å²) in [7, 11) is -3.16. The maximum absolute atomic E-state index is 12.8. The summed E-state index contributed by atoms with van der Waals surface area (Å²) in [6.07, 6.45) is 6.21. The first kappa shape index (κ1) is 20.7. The first-order chi connectivity index (χ1) is 15.0. The topological polar surface area (TPSA) is 105 Å². The van der Waals surface area contributed by atoms with E-state index in [4.69, 9.17) is 4.74 Å². The molecule has 0 amide bonds. The van der Waals surface area contributed by atoms with Gasteiger partial charge < -0.3 is 15.2 Å². The van der Waals surface area contributed by atoms with Crippen molar-refractivity contribution in [1.82, 2.24) is 14.3 Å². The van der Waals surface area contributed by atoms with E-state index < -0.39 is 10.0 Å². The summed E-state index contributed by atoms with van der Waals surface area (Å²) in [5.74, 6) is 1.14. The number of anilines is 2. The van der Waals surface area contributed by atoms with Crippen molar-refractivity contribution < 1.29 is 18.3 Å². The van der Waals surface area contributed by atoms with Crippen LogP contribution >= 0.6 is 0 Å². The van der Waals surface area contributed by atoms with E-state index in [2.05, 4.69) is 15.3 Å². The van der Waals surface area contributed by atoms with Crippen LogP contribution in [0.2, 0.25) is 0 Å². The van der Waals surface area contributed by atoms with Crippen molar-refractivity contribution >= 4 is 21.5 Å². The summed E-state index contributed by atoms with van der Waals surface area (Å²) in [4.78, 5) is 8.68. The summed E-state index contributed by atoms with van der Waals surface area (Å²) in [6.45, 7) is 1.84. The van der Waals surface area contributed by atoms with Crippen molar-refractivity contribution in [1.29, 1.82) is 0 Å². The maximum atomic E-state index is 12.8. The minimum absolute atomic E-state index is 0.0329. The Morgan fingerprint density at radius 2 is 1.84 bits per heavy atom. The molecule has 9 heteroatoms. The van der Waals surface area contributed by atoms with Gasteiger partial charge >= 0.3 is 0 Å². The SMILES string of the molecule is Cc1c(Nc2ccccc2CO)ncnc1OC1CC2CCC(C1)N2S(=O)(=O)C1CC1. The number of nitrogens with zero attached hydrogens (tertiary/aromatic N) is 3. The average Bonchev–Trinajstić information content (AvgIpc) is 3.57. The lowest BCUT2D eigenvalue weighted by atomic mass is 10.0. The molecule has 0 spiro atoms. The largest absolute Gasteiger partial charge is 0.474 e. The zero-order chi connectivity index (χ0) is 21.6. The molecule has 166 valence electrons. The van der Waals surface area contributed by atoms with E-state index in [0.717, 1.165) is 42.5 Å². The van der Waals surface area contributed by atoms with Crippen LogP contribution in [0.25, 0.3) is 0 Å². The van der Waals surface area contributed by atoms with Gasteiger partial charge in [-0.05, 0) is 38.7 Å². The number of rotatable bonds is 7. The van der Waals surface area contributed by atoms with Crippen molar-refractivity contribution in [2.24, 2.45) is 0 Å². The number of aliphatic hydroxyl groups is 1. The number of fused-ring (bicyclic) bond motifs is 2. The van der Waals surface area contributed by atoms with E-state index in [9.17, 15) is 13.5 Å². The first-order valence-electron chi connectivity index (χ1n) is 10.9. The number of nitrogens with one attached hydrogen (secondary N) is 1. The van der Waals surface area contributed by atoms with Gasteiger partial charge in [-0.15, -0.1) is 0 Å². The minimum Gasteiger partial charge on any atom is -0.474 e. The molecule has 2 bridgehead atoms. The highest BCUT2D eigenvalue weighted by Gasteiger charge is 2.52. The molecule has 2 atom stereocenters. The Bertz CT molecular complexity index is 1060. The number of para-hydroxylation sites is 1. The zero-order valence-electron chi connectivity index (χ0n) is 17.6. The molecule has 31 heavy (non-hydrogen) atoms. The third-order valence-electron chi connectivity index (χ3n) is 6.62. The van der Waals surface area contributed by atoms with Crippen LogP contribution in [-0.4, -0.2) is 51.2 Å². The number of benzene rings is 1. The molecule has 3 fully saturated rings. The second kappa shape index (κ2) is 8.03. The van der Waals surface area contributed by atoms with Crippen LogP contribution in [0.4, 0.5) is 11.5 Å². The van der Waals surface area contributed by atoms with Gasteiger partial charge in [0, 0.05) is 36.2 Å². The van der Waals surface area contributed by atoms with Crippen LogP contribution < -0.4 is 10.1 Å². The van der Waals surface area contributed by atoms with Gasteiger partial charge in [-0.3, -0.25) is 0 Å². The van der Waals surface area contributed by atoms with Gasteiger partial charge in [0.15, 0.2) is 0 Å². The van der Waals surface area contributed by atoms with E-state index in [0.29, 0.717) is 24.5 Å². The minimum atomic E-state index is -3.16. The lowest BCUT2D eigenvalue weighted by Crippen LogP contribution is -2.50. The van der Waals surface area contributed by atoms with Gasteiger partial charge in [0.25, 0.3) is 0 Å². The number of hydrogen-bond acceptors (Lipinski definition) is 7. The van der Waals surface area contributed by atoms with E-state index in [1.807, 2.05) is 31.2 Å². The van der Waals surface area contributed by atoms with Gasteiger partial charge in [0.2, 0.25) is 15.9 Å². The van der Waals surface area contributed by atoms with Crippen LogP contribution in [0.15, 0.2) is 30.6 Å². The molecule has 2 aliphatic heterocycles. The van der Waals surface area contributed by atoms with E-state index >= 15 is 0 Å². The van der Waals surface area contributed by atoms with Crippen molar-refractivity contribution in [3.05, 3.63) is 41.7 Å². The summed E-state index contributed by atoms with van der Waals surface area (Å²) < 4.78 is 33.8. The molecule has 2 saturated heterocycles. The third-order valence-corrected chi connectivity index (χ3v) is 9.12. The Hall–Kier alpha value is -2.23. The molecule has 2 N–H and O–H groups in total. The molecule has 1 aromatic heterocycles. The molecular formula is C22H28N4O4S. The molecule has 1 saturated carbocycles. The number of piperidine rings is 1. The van der Waals surface area contributed by atoms with Gasteiger partial charge in [-0.25, -0.2) is 18.4 Å². The quantitative estimate of drug-likeness (QED) is 0.677. The summed E-state index contributed by atoms with van der Waals surface area (Å²) in [5, 5.41) is 12.7. The summed E-state index contributed by atoms with van der Waals surface area (Å²) >= 11 is 0. The van der Waals surface area contributed by atoms with Gasteiger partial charge in [0.05, 0.1) is 17.4 Å². The Labute approximate surface area is 182 Å². The molecular weight excluding hydrogens is 416 g/mol. The second-order valence-electron chi connectivity index (χ2n) is 8.76. The number of ether oxygens (including phenoxy) is 1. The number of aromatic nitrogens is 2. The van der Waals surface area contributed by atoms with Gasteiger partial charge in [0.1, 0.15) is 18.2 Å². The highest BCUT2D eigenvalue weighted by atomic mass is 32.2. The van der Waals surface area contributed by atoms with Crippen molar-refractivity contribution in [2.75, 3.05) is 5.32 Å². The number of hydrogen-bond donors (Lipinski definition) is 2. The smallest absolute Gasteiger partial charge is 0.221 e. The number of sulfonamides is 1. The standard InChI is InChI=1S/C22H28N4O4S/c1-14-21(25-20-5-3-2-4-15(20)12-27)23-13-24-22(14)30-18-10-16-6-7-17(11-18)26(16)31(28,29)19-8-9-19/h2-5,13,16-19,27H,6-12H2,1H3,(H,23,24,25). The Kier molecular flexibility index (Phi) is 5.35. The van der Waals surface area contributed by atoms with Crippen LogP contribution in [-0.2, 0) is 16.6 Å². The zero-order valence-corrected chi connectivity index (χ0v) is 18.4. The lowest BCUT2D eigenvalue weighted by molar-refractivity contribution is 0.0910. The monoisotopic (exact) mass is 444 g/mol. The lowest BCUT2D eigenvalue weighted by Gasteiger charge is -2.37. The van der Waals surface area contributed by atoms with E-state index in [1.54, 1.807) is 4.31 Å². The third kappa shape index (κ3) is 3.90. The highest BCUT2D eigenvalue weighted by Crippen LogP contribution is 2.43. The van der Waals surface area contributed by atoms with Crippen molar-refractivity contribution in [3.63, 3.8) is 0 Å². The molecule has 0 radical (unpaired) electrons. The van der Waals surface area contributed by atoms with Gasteiger partial charge in [-0.2, -0.15) is 4.31 Å². The normalized spacial score (nSPS) is 26.1. The van der Waals surface area contributed by atoms with Crippen molar-refractivity contribution in [3.8, 4) is 5.88 Å². The predicted molar refractivity (Wildman–Crippen MR) is 117 cm³/mol. The fourth-order valence-corrected chi connectivity index (χ4v) is 7.17. The average molecular weight is 445 g/mol. The maximum Gasteiger partial charge on any atom is 0.221 e. The molecule has 1 aromatic carbocycles. The fourth-order valence-electron chi connectivity index (χ4n) is 4.88. The molecule has 5 rings (SSSR count). The molecule has 2 unspecified atom stereocenters.